The molecule has 0 atom stereocenters. The highest BCUT2D eigenvalue weighted by atomic mass is 32.2. The van der Waals surface area contributed by atoms with Crippen LogP contribution in [0.1, 0.15) is 36.6 Å². The summed E-state index contributed by atoms with van der Waals surface area (Å²) < 4.78 is 6.66. The van der Waals surface area contributed by atoms with Crippen LogP contribution in [0.5, 0.6) is 0 Å². The first kappa shape index (κ1) is 16.5. The van der Waals surface area contributed by atoms with Crippen molar-refractivity contribution >= 4 is 39.3 Å². The fourth-order valence-electron chi connectivity index (χ4n) is 2.75. The molecule has 3 rings (SSSR count). The minimum absolute atomic E-state index is 0.0328. The topological polar surface area (TPSA) is 61.2 Å². The second-order valence-electron chi connectivity index (χ2n) is 5.61. The zero-order valence-corrected chi connectivity index (χ0v) is 15.0. The lowest BCUT2D eigenvalue weighted by molar-refractivity contribution is -0.143. The van der Waals surface area contributed by atoms with Crippen LogP contribution in [0.3, 0.4) is 0 Å². The quantitative estimate of drug-likeness (QED) is 0.454. The molecule has 1 aliphatic rings. The second-order valence-corrected chi connectivity index (χ2v) is 7.76. The average Bonchev–Trinajstić information content (AvgIpc) is 3.10. The largest absolute Gasteiger partial charge is 0.466 e. The number of esters is 1. The van der Waals surface area contributed by atoms with Crippen molar-refractivity contribution < 1.29 is 9.53 Å². The molecule has 0 aliphatic heterocycles. The number of aryl methyl sites for hydroxylation is 2. The summed E-state index contributed by atoms with van der Waals surface area (Å²) in [6.07, 6.45) is 4.35. The van der Waals surface area contributed by atoms with Crippen molar-refractivity contribution in [3.63, 3.8) is 0 Å². The van der Waals surface area contributed by atoms with Gasteiger partial charge >= 0.3 is 5.97 Å². The SMILES string of the molecule is CCCOC(=O)CCSc1nc2sc3c(c2c(=O)n1C)CCC3. The molecular formula is C16H20N2O3S2. The molecular weight excluding hydrogens is 332 g/mol. The Kier molecular flexibility index (Phi) is 5.06. The van der Waals surface area contributed by atoms with Crippen LogP contribution >= 0.6 is 23.1 Å². The highest BCUT2D eigenvalue weighted by Crippen LogP contribution is 2.35. The van der Waals surface area contributed by atoms with Crippen LogP contribution in [0.25, 0.3) is 10.2 Å². The minimum Gasteiger partial charge on any atom is -0.466 e. The molecule has 5 nitrogen and oxygen atoms in total. The molecule has 0 N–H and O–H groups in total. The Morgan fingerprint density at radius 1 is 1.43 bits per heavy atom. The van der Waals surface area contributed by atoms with Gasteiger partial charge in [0.1, 0.15) is 4.83 Å². The van der Waals surface area contributed by atoms with Gasteiger partial charge in [-0.1, -0.05) is 18.7 Å². The minimum atomic E-state index is -0.194. The molecule has 2 aromatic heterocycles. The highest BCUT2D eigenvalue weighted by molar-refractivity contribution is 7.99. The molecule has 0 bridgehead atoms. The van der Waals surface area contributed by atoms with Gasteiger partial charge in [-0.2, -0.15) is 0 Å². The fourth-order valence-corrected chi connectivity index (χ4v) is 4.94. The van der Waals surface area contributed by atoms with Crippen molar-refractivity contribution in [2.24, 2.45) is 7.05 Å². The van der Waals surface area contributed by atoms with E-state index in [-0.39, 0.29) is 11.5 Å². The van der Waals surface area contributed by atoms with Gasteiger partial charge in [0, 0.05) is 17.7 Å². The third-order valence-corrected chi connectivity index (χ3v) is 6.13. The van der Waals surface area contributed by atoms with Crippen molar-refractivity contribution in [3.8, 4) is 0 Å². The van der Waals surface area contributed by atoms with Crippen LogP contribution in [-0.4, -0.2) is 27.9 Å². The Hall–Kier alpha value is -1.34. The summed E-state index contributed by atoms with van der Waals surface area (Å²) in [5.41, 5.74) is 1.24. The number of thiophene rings is 1. The molecule has 0 aromatic carbocycles. The lowest BCUT2D eigenvalue weighted by atomic mass is 10.2. The van der Waals surface area contributed by atoms with Crippen molar-refractivity contribution in [1.82, 2.24) is 9.55 Å². The van der Waals surface area contributed by atoms with Gasteiger partial charge in [0.25, 0.3) is 5.56 Å². The molecule has 124 valence electrons. The predicted octanol–water partition coefficient (Wildman–Crippen LogP) is 2.92. The molecule has 1 aliphatic carbocycles. The first-order valence-electron chi connectivity index (χ1n) is 7.91. The summed E-state index contributed by atoms with van der Waals surface area (Å²) >= 11 is 3.08. The van der Waals surface area contributed by atoms with Crippen molar-refractivity contribution in [3.05, 3.63) is 20.8 Å². The molecule has 2 heterocycles. The molecule has 2 aromatic rings. The Labute approximate surface area is 143 Å². The van der Waals surface area contributed by atoms with E-state index in [2.05, 4.69) is 4.98 Å². The van der Waals surface area contributed by atoms with Gasteiger partial charge in [0.15, 0.2) is 5.16 Å². The monoisotopic (exact) mass is 352 g/mol. The molecule has 0 amide bonds. The predicted molar refractivity (Wildman–Crippen MR) is 93.5 cm³/mol. The van der Waals surface area contributed by atoms with E-state index in [1.807, 2.05) is 6.92 Å². The van der Waals surface area contributed by atoms with E-state index in [9.17, 15) is 9.59 Å². The van der Waals surface area contributed by atoms with Crippen molar-refractivity contribution in [1.29, 1.82) is 0 Å². The molecule has 0 saturated carbocycles. The molecule has 0 unspecified atom stereocenters. The summed E-state index contributed by atoms with van der Waals surface area (Å²) in [7, 11) is 1.76. The number of aromatic nitrogens is 2. The average molecular weight is 352 g/mol. The number of hydrogen-bond donors (Lipinski definition) is 0. The molecule has 7 heteroatoms. The van der Waals surface area contributed by atoms with Crippen LogP contribution in [0.15, 0.2) is 9.95 Å². The van der Waals surface area contributed by atoms with E-state index < -0.39 is 0 Å². The van der Waals surface area contributed by atoms with Gasteiger partial charge in [0.2, 0.25) is 0 Å². The number of thioether (sulfide) groups is 1. The van der Waals surface area contributed by atoms with Gasteiger partial charge in [-0.25, -0.2) is 4.98 Å². The third-order valence-electron chi connectivity index (χ3n) is 3.91. The van der Waals surface area contributed by atoms with E-state index in [0.717, 1.165) is 35.9 Å². The van der Waals surface area contributed by atoms with E-state index in [4.69, 9.17) is 4.74 Å². The molecule has 0 spiro atoms. The van der Waals surface area contributed by atoms with Gasteiger partial charge < -0.3 is 4.74 Å². The summed E-state index contributed by atoms with van der Waals surface area (Å²) in [6.45, 7) is 2.43. The van der Waals surface area contributed by atoms with E-state index in [1.165, 1.54) is 22.2 Å². The maximum Gasteiger partial charge on any atom is 0.306 e. The summed E-state index contributed by atoms with van der Waals surface area (Å²) in [5, 5.41) is 1.47. The van der Waals surface area contributed by atoms with E-state index in [0.29, 0.717) is 23.9 Å². The second kappa shape index (κ2) is 7.05. The molecule has 0 saturated heterocycles. The Morgan fingerprint density at radius 2 is 2.26 bits per heavy atom. The van der Waals surface area contributed by atoms with Crippen LogP contribution < -0.4 is 5.56 Å². The molecule has 0 radical (unpaired) electrons. The number of hydrogen-bond acceptors (Lipinski definition) is 6. The lowest BCUT2D eigenvalue weighted by Gasteiger charge is -2.07. The number of ether oxygens (including phenoxy) is 1. The van der Waals surface area contributed by atoms with Crippen LogP contribution in [-0.2, 0) is 29.4 Å². The maximum atomic E-state index is 12.6. The van der Waals surface area contributed by atoms with Gasteiger partial charge in [-0.15, -0.1) is 11.3 Å². The lowest BCUT2D eigenvalue weighted by Crippen LogP contribution is -2.20. The Balaban J connectivity index is 1.76. The van der Waals surface area contributed by atoms with Gasteiger partial charge in [-0.3, -0.25) is 14.2 Å². The number of carbonyl (C=O) groups excluding carboxylic acids is 1. The van der Waals surface area contributed by atoms with Crippen LogP contribution in [0.2, 0.25) is 0 Å². The number of carbonyl (C=O) groups is 1. The zero-order valence-electron chi connectivity index (χ0n) is 13.4. The van der Waals surface area contributed by atoms with Crippen molar-refractivity contribution in [2.45, 2.75) is 44.2 Å². The molecule has 23 heavy (non-hydrogen) atoms. The zero-order chi connectivity index (χ0) is 16.4. The van der Waals surface area contributed by atoms with Crippen LogP contribution in [0.4, 0.5) is 0 Å². The summed E-state index contributed by atoms with van der Waals surface area (Å²) in [6, 6.07) is 0. The first-order chi connectivity index (χ1) is 11.1. The van der Waals surface area contributed by atoms with E-state index in [1.54, 1.807) is 23.0 Å². The highest BCUT2D eigenvalue weighted by Gasteiger charge is 2.22. The van der Waals surface area contributed by atoms with Gasteiger partial charge in [0.05, 0.1) is 18.4 Å². The first-order valence-corrected chi connectivity index (χ1v) is 9.71. The summed E-state index contributed by atoms with van der Waals surface area (Å²) in [4.78, 5) is 31.0. The Morgan fingerprint density at radius 3 is 3.04 bits per heavy atom. The smallest absolute Gasteiger partial charge is 0.306 e. The maximum absolute atomic E-state index is 12.6. The summed E-state index contributed by atoms with van der Waals surface area (Å²) in [5.74, 6) is 0.375. The van der Waals surface area contributed by atoms with Crippen molar-refractivity contribution in [2.75, 3.05) is 12.4 Å². The van der Waals surface area contributed by atoms with E-state index >= 15 is 0 Å². The normalized spacial score (nSPS) is 13.5. The number of rotatable bonds is 6. The number of nitrogens with zero attached hydrogens (tertiary/aromatic N) is 2. The van der Waals surface area contributed by atoms with Gasteiger partial charge in [-0.05, 0) is 31.2 Å². The fraction of sp³-hybridized carbons (Fsp3) is 0.562. The third kappa shape index (κ3) is 3.30. The standard InChI is InChI=1S/C16H20N2O3S2/c1-3-8-21-12(19)7-9-22-16-17-14-13(15(20)18(16)2)10-5-4-6-11(10)23-14/h3-9H2,1-2H3. The van der Waals surface area contributed by atoms with Crippen LogP contribution in [0, 0.1) is 0 Å². The Bertz CT molecular complexity index is 795. The number of fused-ring (bicyclic) bond motifs is 3. The molecule has 0 fully saturated rings.